The van der Waals surface area contributed by atoms with Crippen LogP contribution in [-0.4, -0.2) is 44.0 Å². The number of rotatable bonds is 3. The van der Waals surface area contributed by atoms with E-state index in [1.165, 1.54) is 6.42 Å². The molecule has 3 rings (SSSR count). The van der Waals surface area contributed by atoms with Crippen molar-refractivity contribution in [2.45, 2.75) is 17.5 Å². The Balaban J connectivity index is 1.91. The fourth-order valence-electron chi connectivity index (χ4n) is 2.97. The molecule has 0 unspecified atom stereocenters. The molecule has 2 saturated heterocycles. The first-order chi connectivity index (χ1) is 8.81. The van der Waals surface area contributed by atoms with Crippen LogP contribution in [-0.2, 0) is 0 Å². The molecule has 1 aromatic rings. The second kappa shape index (κ2) is 4.97. The van der Waals surface area contributed by atoms with E-state index in [0.717, 1.165) is 42.1 Å². The molecule has 1 aromatic heterocycles. The number of anilines is 1. The third-order valence-electron chi connectivity index (χ3n) is 3.95. The van der Waals surface area contributed by atoms with Crippen molar-refractivity contribution >= 4 is 17.6 Å². The van der Waals surface area contributed by atoms with Gasteiger partial charge in [-0.25, -0.2) is 4.98 Å². The zero-order chi connectivity index (χ0) is 12.5. The summed E-state index contributed by atoms with van der Waals surface area (Å²) in [7, 11) is 1.72. The van der Waals surface area contributed by atoms with Crippen molar-refractivity contribution in [2.75, 3.05) is 37.9 Å². The van der Waals surface area contributed by atoms with E-state index in [-0.39, 0.29) is 0 Å². The molecule has 0 spiro atoms. The summed E-state index contributed by atoms with van der Waals surface area (Å²) in [6.45, 7) is 3.35. The predicted molar refractivity (Wildman–Crippen MR) is 74.7 cm³/mol. The van der Waals surface area contributed by atoms with Crippen molar-refractivity contribution in [3.63, 3.8) is 0 Å². The van der Waals surface area contributed by atoms with Gasteiger partial charge in [-0.1, -0.05) is 0 Å². The Kier molecular flexibility index (Phi) is 3.35. The lowest BCUT2D eigenvalue weighted by Gasteiger charge is -2.25. The van der Waals surface area contributed by atoms with Gasteiger partial charge in [0.05, 0.1) is 7.11 Å². The highest BCUT2D eigenvalue weighted by atomic mass is 32.2. The summed E-state index contributed by atoms with van der Waals surface area (Å²) in [5.41, 5.74) is 0. The van der Waals surface area contributed by atoms with Gasteiger partial charge in [0.15, 0.2) is 0 Å². The lowest BCUT2D eigenvalue weighted by Crippen LogP contribution is -2.34. The Bertz CT molecular complexity index is 418. The van der Waals surface area contributed by atoms with Gasteiger partial charge in [-0.2, -0.15) is 0 Å². The maximum atomic E-state index is 5.37. The molecule has 3 heterocycles. The number of nitrogens with zero attached hydrogens (tertiary/aromatic N) is 2. The van der Waals surface area contributed by atoms with Crippen LogP contribution in [0.15, 0.2) is 17.2 Å². The summed E-state index contributed by atoms with van der Waals surface area (Å²) >= 11 is 1.66. The van der Waals surface area contributed by atoms with E-state index >= 15 is 0 Å². The molecule has 2 aliphatic heterocycles. The lowest BCUT2D eigenvalue weighted by molar-refractivity contribution is 0.412. The van der Waals surface area contributed by atoms with E-state index in [4.69, 9.17) is 9.72 Å². The van der Waals surface area contributed by atoms with Crippen molar-refractivity contribution in [3.8, 4) is 5.75 Å². The fraction of sp³-hybridized carbons (Fsp3) is 0.615. The van der Waals surface area contributed by atoms with Gasteiger partial charge in [0.1, 0.15) is 16.6 Å². The molecule has 0 bridgehead atoms. The molecule has 2 atom stereocenters. The number of fused-ring (bicyclic) bond motifs is 1. The molecule has 0 radical (unpaired) electrons. The Morgan fingerprint density at radius 2 is 2.33 bits per heavy atom. The van der Waals surface area contributed by atoms with E-state index in [1.54, 1.807) is 18.9 Å². The molecule has 0 aliphatic carbocycles. The monoisotopic (exact) mass is 265 g/mol. The molecule has 0 amide bonds. The summed E-state index contributed by atoms with van der Waals surface area (Å²) in [6, 6.07) is 4.66. The number of pyridine rings is 1. The standard InChI is InChI=1S/C13H19N3OS/c1-17-10-5-12(15-13(6-10)18-2)16-4-3-9-7-14-8-11(9)16/h5-6,9,11,14H,3-4,7-8H2,1-2H3/t9-,11-/m1/s1. The predicted octanol–water partition coefficient (Wildman–Crippen LogP) is 1.61. The summed E-state index contributed by atoms with van der Waals surface area (Å²) in [5.74, 6) is 2.75. The molecule has 2 fully saturated rings. The minimum atomic E-state index is 0.610. The van der Waals surface area contributed by atoms with Gasteiger partial charge in [-0.3, -0.25) is 0 Å². The summed E-state index contributed by atoms with van der Waals surface area (Å²) < 4.78 is 5.37. The zero-order valence-electron chi connectivity index (χ0n) is 10.8. The number of hydrogen-bond acceptors (Lipinski definition) is 5. The number of ether oxygens (including phenoxy) is 1. The fourth-order valence-corrected chi connectivity index (χ4v) is 3.39. The smallest absolute Gasteiger partial charge is 0.133 e. The van der Waals surface area contributed by atoms with Crippen LogP contribution < -0.4 is 15.0 Å². The normalized spacial score (nSPS) is 26.4. The molecule has 18 heavy (non-hydrogen) atoms. The van der Waals surface area contributed by atoms with Crippen LogP contribution in [0.4, 0.5) is 5.82 Å². The highest BCUT2D eigenvalue weighted by Crippen LogP contribution is 2.33. The summed E-state index contributed by atoms with van der Waals surface area (Å²) in [5, 5.41) is 4.50. The Labute approximate surface area is 112 Å². The average molecular weight is 265 g/mol. The van der Waals surface area contributed by atoms with Crippen molar-refractivity contribution in [2.24, 2.45) is 5.92 Å². The Morgan fingerprint density at radius 3 is 3.11 bits per heavy atom. The molecule has 2 aliphatic rings. The third kappa shape index (κ3) is 2.06. The molecule has 1 N–H and O–H groups in total. The topological polar surface area (TPSA) is 37.4 Å². The van der Waals surface area contributed by atoms with Crippen LogP contribution in [0, 0.1) is 5.92 Å². The third-order valence-corrected chi connectivity index (χ3v) is 4.57. The highest BCUT2D eigenvalue weighted by Gasteiger charge is 2.38. The van der Waals surface area contributed by atoms with Crippen molar-refractivity contribution in [1.82, 2.24) is 10.3 Å². The number of nitrogens with one attached hydrogen (secondary N) is 1. The van der Waals surface area contributed by atoms with Gasteiger partial charge in [0.25, 0.3) is 0 Å². The van der Waals surface area contributed by atoms with E-state index in [9.17, 15) is 0 Å². The quantitative estimate of drug-likeness (QED) is 0.841. The van der Waals surface area contributed by atoms with Crippen LogP contribution in [0.3, 0.4) is 0 Å². The van der Waals surface area contributed by atoms with Gasteiger partial charge in [0, 0.05) is 37.8 Å². The first-order valence-corrected chi connectivity index (χ1v) is 7.61. The average Bonchev–Trinajstić information content (AvgIpc) is 3.00. The molecule has 0 saturated carbocycles. The Morgan fingerprint density at radius 1 is 1.44 bits per heavy atom. The number of hydrogen-bond donors (Lipinski definition) is 1. The summed E-state index contributed by atoms with van der Waals surface area (Å²) in [4.78, 5) is 7.16. The van der Waals surface area contributed by atoms with Gasteiger partial charge in [0.2, 0.25) is 0 Å². The van der Waals surface area contributed by atoms with Gasteiger partial charge >= 0.3 is 0 Å². The maximum absolute atomic E-state index is 5.37. The van der Waals surface area contributed by atoms with Crippen LogP contribution in [0.25, 0.3) is 0 Å². The second-order valence-electron chi connectivity index (χ2n) is 4.88. The number of thioether (sulfide) groups is 1. The lowest BCUT2D eigenvalue weighted by atomic mass is 10.1. The molecular weight excluding hydrogens is 246 g/mol. The number of aromatic nitrogens is 1. The molecular formula is C13H19N3OS. The van der Waals surface area contributed by atoms with Crippen LogP contribution in [0.1, 0.15) is 6.42 Å². The van der Waals surface area contributed by atoms with Crippen LogP contribution >= 0.6 is 11.8 Å². The van der Waals surface area contributed by atoms with E-state index in [2.05, 4.69) is 22.5 Å². The largest absolute Gasteiger partial charge is 0.497 e. The molecule has 4 nitrogen and oxygen atoms in total. The minimum Gasteiger partial charge on any atom is -0.497 e. The van der Waals surface area contributed by atoms with Crippen molar-refractivity contribution < 1.29 is 4.74 Å². The maximum Gasteiger partial charge on any atom is 0.133 e. The van der Waals surface area contributed by atoms with Crippen molar-refractivity contribution in [3.05, 3.63) is 12.1 Å². The summed E-state index contributed by atoms with van der Waals surface area (Å²) in [6.07, 6.45) is 3.32. The second-order valence-corrected chi connectivity index (χ2v) is 5.70. The Hall–Kier alpha value is -0.940. The van der Waals surface area contributed by atoms with Crippen LogP contribution in [0.5, 0.6) is 5.75 Å². The zero-order valence-corrected chi connectivity index (χ0v) is 11.7. The van der Waals surface area contributed by atoms with Gasteiger partial charge < -0.3 is 15.0 Å². The van der Waals surface area contributed by atoms with E-state index < -0.39 is 0 Å². The molecule has 5 heteroatoms. The van der Waals surface area contributed by atoms with Crippen LogP contribution in [0.2, 0.25) is 0 Å². The molecule has 0 aromatic carbocycles. The first kappa shape index (κ1) is 12.1. The minimum absolute atomic E-state index is 0.610. The van der Waals surface area contributed by atoms with Crippen molar-refractivity contribution in [1.29, 1.82) is 0 Å². The first-order valence-electron chi connectivity index (χ1n) is 6.39. The van der Waals surface area contributed by atoms with Gasteiger partial charge in [-0.15, -0.1) is 11.8 Å². The van der Waals surface area contributed by atoms with Gasteiger partial charge in [-0.05, 0) is 18.6 Å². The van der Waals surface area contributed by atoms with E-state index in [0.29, 0.717) is 6.04 Å². The highest BCUT2D eigenvalue weighted by molar-refractivity contribution is 7.98. The number of methoxy groups -OCH3 is 1. The molecule has 98 valence electrons. The van der Waals surface area contributed by atoms with E-state index in [1.807, 2.05) is 6.07 Å². The SMILES string of the molecule is COc1cc(SC)nc(N2CC[C@@H]3CNC[C@H]32)c1.